The Bertz CT molecular complexity index is 638. The molecule has 51 heavy (non-hydrogen) atoms. The van der Waals surface area contributed by atoms with Crippen molar-refractivity contribution in [3.63, 3.8) is 0 Å². The second-order valence-electron chi connectivity index (χ2n) is 16.2. The topological polar surface area (TPSA) is 55.8 Å². The zero-order valence-electron chi connectivity index (χ0n) is 35.2. The highest BCUT2D eigenvalue weighted by molar-refractivity contribution is 5.69. The SMILES string of the molecule is CCCCCCCCCCCCCCCCCCCCCCCCCC(=O)OC(CO)COCCCCCCCCCCCCCCCCCC. The number of esters is 1. The van der Waals surface area contributed by atoms with E-state index in [0.29, 0.717) is 19.6 Å². The number of unbranched alkanes of at least 4 members (excludes halogenated alkanes) is 37. The van der Waals surface area contributed by atoms with Crippen LogP contribution < -0.4 is 0 Å². The second-order valence-corrected chi connectivity index (χ2v) is 16.2. The van der Waals surface area contributed by atoms with Crippen molar-refractivity contribution in [3.05, 3.63) is 0 Å². The molecule has 0 aliphatic rings. The normalized spacial score (nSPS) is 12.1. The third-order valence-electron chi connectivity index (χ3n) is 10.9. The Kier molecular flexibility index (Phi) is 45.0. The molecule has 0 saturated heterocycles. The van der Waals surface area contributed by atoms with Gasteiger partial charge in [-0.05, 0) is 12.8 Å². The Hall–Kier alpha value is -0.610. The molecule has 0 spiro atoms. The van der Waals surface area contributed by atoms with Crippen LogP contribution in [0.3, 0.4) is 0 Å². The van der Waals surface area contributed by atoms with E-state index in [1.54, 1.807) is 0 Å². The average Bonchev–Trinajstić information content (AvgIpc) is 3.14. The van der Waals surface area contributed by atoms with Gasteiger partial charge < -0.3 is 14.6 Å². The van der Waals surface area contributed by atoms with Crippen molar-refractivity contribution < 1.29 is 19.4 Å². The van der Waals surface area contributed by atoms with Gasteiger partial charge in [0.25, 0.3) is 0 Å². The molecule has 0 aliphatic heterocycles. The smallest absolute Gasteiger partial charge is 0.306 e. The summed E-state index contributed by atoms with van der Waals surface area (Å²) in [6.45, 7) is 5.41. The summed E-state index contributed by atoms with van der Waals surface area (Å²) in [4.78, 5) is 12.2. The fourth-order valence-electron chi connectivity index (χ4n) is 7.39. The van der Waals surface area contributed by atoms with Crippen LogP contribution in [0.1, 0.15) is 271 Å². The van der Waals surface area contributed by atoms with E-state index in [1.807, 2.05) is 0 Å². The summed E-state index contributed by atoms with van der Waals surface area (Å²) >= 11 is 0. The number of aliphatic hydroxyl groups excluding tert-OH is 1. The van der Waals surface area contributed by atoms with E-state index < -0.39 is 6.10 Å². The summed E-state index contributed by atoms with van der Waals surface area (Å²) in [6.07, 6.45) is 53.2. The van der Waals surface area contributed by atoms with Gasteiger partial charge in [0, 0.05) is 13.0 Å². The van der Waals surface area contributed by atoms with E-state index in [4.69, 9.17) is 9.47 Å². The van der Waals surface area contributed by atoms with E-state index in [2.05, 4.69) is 13.8 Å². The molecule has 0 aliphatic carbocycles. The number of hydrogen-bond acceptors (Lipinski definition) is 4. The Labute approximate surface area is 321 Å². The lowest BCUT2D eigenvalue weighted by Crippen LogP contribution is -2.27. The maximum atomic E-state index is 12.2. The van der Waals surface area contributed by atoms with Gasteiger partial charge in [-0.1, -0.05) is 251 Å². The summed E-state index contributed by atoms with van der Waals surface area (Å²) in [5.41, 5.74) is 0. The number of carbonyl (C=O) groups excluding carboxylic acids is 1. The van der Waals surface area contributed by atoms with E-state index in [9.17, 15) is 9.90 Å². The first kappa shape index (κ1) is 50.4. The maximum absolute atomic E-state index is 12.2. The van der Waals surface area contributed by atoms with Gasteiger partial charge in [-0.3, -0.25) is 4.79 Å². The van der Waals surface area contributed by atoms with E-state index in [1.165, 1.54) is 231 Å². The summed E-state index contributed by atoms with van der Waals surface area (Å²) in [7, 11) is 0. The molecule has 0 rings (SSSR count). The molecular weight excluding hydrogens is 629 g/mol. The molecule has 1 N–H and O–H groups in total. The second kappa shape index (κ2) is 45.5. The van der Waals surface area contributed by atoms with Crippen molar-refractivity contribution in [3.8, 4) is 0 Å². The monoisotopic (exact) mass is 723 g/mol. The summed E-state index contributed by atoms with van der Waals surface area (Å²) < 4.78 is 11.2. The minimum absolute atomic E-state index is 0.163. The first-order valence-electron chi connectivity index (χ1n) is 23.6. The standard InChI is InChI=1S/C47H94O4/c1-3-5-7-9-11-13-15-17-19-21-22-23-24-25-26-27-28-30-32-34-36-38-40-42-47(49)51-46(44-48)45-50-43-41-39-37-35-33-31-29-20-18-16-14-12-10-8-6-4-2/h46,48H,3-45H2,1-2H3. The Morgan fingerprint density at radius 1 is 0.392 bits per heavy atom. The third-order valence-corrected chi connectivity index (χ3v) is 10.9. The summed E-state index contributed by atoms with van der Waals surface area (Å²) in [6, 6.07) is 0. The minimum atomic E-state index is -0.525. The quantitative estimate of drug-likeness (QED) is 0.0502. The largest absolute Gasteiger partial charge is 0.457 e. The van der Waals surface area contributed by atoms with Crippen LogP contribution in [0.2, 0.25) is 0 Å². The van der Waals surface area contributed by atoms with E-state index >= 15 is 0 Å². The van der Waals surface area contributed by atoms with Crippen LogP contribution in [0.4, 0.5) is 0 Å². The van der Waals surface area contributed by atoms with Crippen LogP contribution >= 0.6 is 0 Å². The van der Waals surface area contributed by atoms with Crippen LogP contribution in [-0.2, 0) is 14.3 Å². The molecule has 4 heteroatoms. The highest BCUT2D eigenvalue weighted by atomic mass is 16.6. The molecule has 0 saturated carbocycles. The molecule has 0 fully saturated rings. The number of aliphatic hydroxyl groups is 1. The van der Waals surface area contributed by atoms with Crippen LogP contribution in [0.5, 0.6) is 0 Å². The predicted molar refractivity (Wildman–Crippen MR) is 224 cm³/mol. The van der Waals surface area contributed by atoms with Gasteiger partial charge in [-0.15, -0.1) is 0 Å². The van der Waals surface area contributed by atoms with Gasteiger partial charge in [0.1, 0.15) is 6.10 Å². The Morgan fingerprint density at radius 2 is 0.647 bits per heavy atom. The number of hydrogen-bond donors (Lipinski definition) is 1. The molecule has 0 aromatic carbocycles. The fourth-order valence-corrected chi connectivity index (χ4v) is 7.39. The highest BCUT2D eigenvalue weighted by Gasteiger charge is 2.13. The first-order valence-corrected chi connectivity index (χ1v) is 23.6. The molecular formula is C47H94O4. The van der Waals surface area contributed by atoms with Gasteiger partial charge in [-0.2, -0.15) is 0 Å². The van der Waals surface area contributed by atoms with Gasteiger partial charge in [0.2, 0.25) is 0 Å². The van der Waals surface area contributed by atoms with Crippen molar-refractivity contribution in [1.82, 2.24) is 0 Å². The fraction of sp³-hybridized carbons (Fsp3) is 0.979. The molecule has 0 radical (unpaired) electrons. The number of rotatable bonds is 45. The molecule has 0 aromatic heterocycles. The Balaban J connectivity index is 3.33. The Morgan fingerprint density at radius 3 is 0.922 bits per heavy atom. The van der Waals surface area contributed by atoms with E-state index in [-0.39, 0.29) is 12.6 Å². The average molecular weight is 723 g/mol. The van der Waals surface area contributed by atoms with Crippen LogP contribution in [-0.4, -0.2) is 37.0 Å². The molecule has 306 valence electrons. The summed E-state index contributed by atoms with van der Waals surface area (Å²) in [5.74, 6) is -0.191. The van der Waals surface area contributed by atoms with Gasteiger partial charge in [-0.25, -0.2) is 0 Å². The van der Waals surface area contributed by atoms with Gasteiger partial charge in [0.15, 0.2) is 0 Å². The zero-order valence-corrected chi connectivity index (χ0v) is 35.2. The van der Waals surface area contributed by atoms with Crippen LogP contribution in [0.25, 0.3) is 0 Å². The predicted octanol–water partition coefficient (Wildman–Crippen LogP) is 15.6. The zero-order chi connectivity index (χ0) is 37.0. The van der Waals surface area contributed by atoms with Gasteiger partial charge in [0.05, 0.1) is 13.2 Å². The van der Waals surface area contributed by atoms with E-state index in [0.717, 1.165) is 19.3 Å². The first-order chi connectivity index (χ1) is 25.2. The molecule has 1 atom stereocenters. The molecule has 0 heterocycles. The molecule has 0 amide bonds. The molecule has 4 nitrogen and oxygen atoms in total. The third kappa shape index (κ3) is 43.7. The lowest BCUT2D eigenvalue weighted by Gasteiger charge is -2.16. The van der Waals surface area contributed by atoms with Crippen molar-refractivity contribution in [2.75, 3.05) is 19.8 Å². The van der Waals surface area contributed by atoms with Crippen molar-refractivity contribution in [2.24, 2.45) is 0 Å². The minimum Gasteiger partial charge on any atom is -0.457 e. The summed E-state index contributed by atoms with van der Waals surface area (Å²) in [5, 5.41) is 9.62. The van der Waals surface area contributed by atoms with Crippen molar-refractivity contribution >= 4 is 5.97 Å². The van der Waals surface area contributed by atoms with Gasteiger partial charge >= 0.3 is 5.97 Å². The molecule has 0 aromatic rings. The maximum Gasteiger partial charge on any atom is 0.306 e. The number of ether oxygens (including phenoxy) is 2. The van der Waals surface area contributed by atoms with Crippen molar-refractivity contribution in [2.45, 2.75) is 277 Å². The van der Waals surface area contributed by atoms with Crippen molar-refractivity contribution in [1.29, 1.82) is 0 Å². The molecule has 0 bridgehead atoms. The number of carbonyl (C=O) groups is 1. The highest BCUT2D eigenvalue weighted by Crippen LogP contribution is 2.17. The van der Waals surface area contributed by atoms with Crippen LogP contribution in [0, 0.1) is 0 Å². The van der Waals surface area contributed by atoms with Crippen LogP contribution in [0.15, 0.2) is 0 Å². The lowest BCUT2D eigenvalue weighted by atomic mass is 10.0. The molecule has 1 unspecified atom stereocenters. The lowest BCUT2D eigenvalue weighted by molar-refractivity contribution is -0.154.